The van der Waals surface area contributed by atoms with E-state index in [1.165, 1.54) is 24.4 Å². The highest BCUT2D eigenvalue weighted by molar-refractivity contribution is 6.32. The first-order chi connectivity index (χ1) is 12.9. The number of aromatic nitrogens is 3. The Morgan fingerprint density at radius 2 is 2.07 bits per heavy atom. The van der Waals surface area contributed by atoms with E-state index in [1.54, 1.807) is 23.0 Å². The maximum atomic E-state index is 12.8. The van der Waals surface area contributed by atoms with Crippen LogP contribution in [-0.4, -0.2) is 25.6 Å². The maximum Gasteiger partial charge on any atom is 0.289 e. The molecular weight excluding hydrogens is 370 g/mol. The van der Waals surface area contributed by atoms with E-state index in [1.807, 2.05) is 19.9 Å². The van der Waals surface area contributed by atoms with Crippen LogP contribution in [0.3, 0.4) is 0 Å². The molecule has 1 amide bonds. The van der Waals surface area contributed by atoms with Gasteiger partial charge in [0.15, 0.2) is 5.82 Å². The molecule has 0 spiro atoms. The van der Waals surface area contributed by atoms with Crippen molar-refractivity contribution in [3.63, 3.8) is 0 Å². The van der Waals surface area contributed by atoms with Gasteiger partial charge in [-0.2, -0.15) is 5.10 Å². The van der Waals surface area contributed by atoms with Gasteiger partial charge in [0.25, 0.3) is 11.6 Å². The molecule has 2 heterocycles. The fourth-order valence-electron chi connectivity index (χ4n) is 2.68. The molecule has 2 aromatic heterocycles. The molecule has 0 bridgehead atoms. The standard InChI is InChI=1S/C18H16ClN5O3/c1-11(2)17-13(10-21-23(17)16-5-3-4-8-20-16)18(25)22-12-6-7-14(19)15(9-12)24(26)27/h3-11H,1-2H3,(H,22,25). The van der Waals surface area contributed by atoms with E-state index in [2.05, 4.69) is 15.4 Å². The van der Waals surface area contributed by atoms with Crippen molar-refractivity contribution in [1.82, 2.24) is 14.8 Å². The molecule has 9 heteroatoms. The topological polar surface area (TPSA) is 103 Å². The number of nitrogens with zero attached hydrogens (tertiary/aromatic N) is 4. The van der Waals surface area contributed by atoms with Crippen LogP contribution in [0.4, 0.5) is 11.4 Å². The molecule has 8 nitrogen and oxygen atoms in total. The Labute approximate surface area is 159 Å². The van der Waals surface area contributed by atoms with Gasteiger partial charge in [0.1, 0.15) is 5.02 Å². The number of halogens is 1. The molecule has 0 radical (unpaired) electrons. The van der Waals surface area contributed by atoms with Gasteiger partial charge in [0.2, 0.25) is 0 Å². The molecule has 0 saturated carbocycles. The number of carbonyl (C=O) groups is 1. The summed E-state index contributed by atoms with van der Waals surface area (Å²) in [6, 6.07) is 9.52. The zero-order valence-corrected chi connectivity index (χ0v) is 15.3. The largest absolute Gasteiger partial charge is 0.322 e. The van der Waals surface area contributed by atoms with Crippen LogP contribution in [0.5, 0.6) is 0 Å². The second-order valence-electron chi connectivity index (χ2n) is 6.08. The number of benzene rings is 1. The fourth-order valence-corrected chi connectivity index (χ4v) is 2.87. The number of carbonyl (C=O) groups excluding carboxylic acids is 1. The second kappa shape index (κ2) is 7.55. The molecular formula is C18H16ClN5O3. The Balaban J connectivity index is 1.95. The Morgan fingerprint density at radius 1 is 1.30 bits per heavy atom. The van der Waals surface area contributed by atoms with Crippen LogP contribution in [0, 0.1) is 10.1 Å². The van der Waals surface area contributed by atoms with E-state index in [0.717, 1.165) is 0 Å². The molecule has 0 aliphatic heterocycles. The summed E-state index contributed by atoms with van der Waals surface area (Å²) in [4.78, 5) is 27.5. The summed E-state index contributed by atoms with van der Waals surface area (Å²) >= 11 is 5.81. The average Bonchev–Trinajstić information content (AvgIpc) is 3.09. The monoisotopic (exact) mass is 385 g/mol. The molecule has 1 aromatic carbocycles. The van der Waals surface area contributed by atoms with E-state index in [0.29, 0.717) is 17.1 Å². The number of pyridine rings is 1. The lowest BCUT2D eigenvalue weighted by Gasteiger charge is -2.12. The van der Waals surface area contributed by atoms with Gasteiger partial charge >= 0.3 is 0 Å². The predicted octanol–water partition coefficient (Wildman–Crippen LogP) is 4.20. The Kier molecular flexibility index (Phi) is 5.18. The fraction of sp³-hybridized carbons (Fsp3) is 0.167. The molecule has 27 heavy (non-hydrogen) atoms. The molecule has 0 aliphatic carbocycles. The third-order valence-electron chi connectivity index (χ3n) is 3.86. The molecule has 1 N–H and O–H groups in total. The van der Waals surface area contributed by atoms with Gasteiger partial charge < -0.3 is 5.32 Å². The number of anilines is 1. The van der Waals surface area contributed by atoms with Crippen molar-refractivity contribution in [3.8, 4) is 5.82 Å². The molecule has 0 unspecified atom stereocenters. The number of hydrogen-bond acceptors (Lipinski definition) is 5. The van der Waals surface area contributed by atoms with Crippen molar-refractivity contribution in [3.05, 3.63) is 75.2 Å². The first-order valence-corrected chi connectivity index (χ1v) is 8.51. The Bertz CT molecular complexity index is 1000. The lowest BCUT2D eigenvalue weighted by molar-refractivity contribution is -0.384. The summed E-state index contributed by atoms with van der Waals surface area (Å²) in [5.41, 5.74) is 1.06. The summed E-state index contributed by atoms with van der Waals surface area (Å²) < 4.78 is 1.61. The minimum Gasteiger partial charge on any atom is -0.322 e. The predicted molar refractivity (Wildman–Crippen MR) is 102 cm³/mol. The van der Waals surface area contributed by atoms with Gasteiger partial charge in [-0.05, 0) is 30.2 Å². The third-order valence-corrected chi connectivity index (χ3v) is 4.18. The zero-order valence-electron chi connectivity index (χ0n) is 14.6. The summed E-state index contributed by atoms with van der Waals surface area (Å²) in [6.07, 6.45) is 3.11. The second-order valence-corrected chi connectivity index (χ2v) is 6.48. The van der Waals surface area contributed by atoms with Crippen LogP contribution in [-0.2, 0) is 0 Å². The smallest absolute Gasteiger partial charge is 0.289 e. The van der Waals surface area contributed by atoms with Crippen LogP contribution in [0.15, 0.2) is 48.8 Å². The highest BCUT2D eigenvalue weighted by atomic mass is 35.5. The molecule has 0 saturated heterocycles. The van der Waals surface area contributed by atoms with E-state index in [4.69, 9.17) is 11.6 Å². The van der Waals surface area contributed by atoms with E-state index < -0.39 is 10.8 Å². The maximum absolute atomic E-state index is 12.8. The minimum absolute atomic E-state index is 0.00356. The summed E-state index contributed by atoms with van der Waals surface area (Å²) in [5.74, 6) is 0.176. The van der Waals surface area contributed by atoms with Crippen LogP contribution in [0.2, 0.25) is 5.02 Å². The Hall–Kier alpha value is -3.26. The lowest BCUT2D eigenvalue weighted by atomic mass is 10.1. The molecule has 0 atom stereocenters. The van der Waals surface area contributed by atoms with E-state index in [-0.39, 0.29) is 22.3 Å². The number of nitrogens with one attached hydrogen (secondary N) is 1. The number of rotatable bonds is 5. The third kappa shape index (κ3) is 3.80. The number of amides is 1. The molecule has 0 fully saturated rings. The summed E-state index contributed by atoms with van der Waals surface area (Å²) in [5, 5.41) is 18.0. The van der Waals surface area contributed by atoms with Crippen LogP contribution in [0.25, 0.3) is 5.82 Å². The summed E-state index contributed by atoms with van der Waals surface area (Å²) in [6.45, 7) is 3.89. The van der Waals surface area contributed by atoms with Crippen molar-refractivity contribution in [1.29, 1.82) is 0 Å². The highest BCUT2D eigenvalue weighted by Gasteiger charge is 2.22. The number of nitro benzene ring substituents is 1. The molecule has 3 rings (SSSR count). The SMILES string of the molecule is CC(C)c1c(C(=O)Nc2ccc(Cl)c([N+](=O)[O-])c2)cnn1-c1ccccn1. The van der Waals surface area contributed by atoms with Crippen molar-refractivity contribution >= 4 is 28.9 Å². The quantitative estimate of drug-likeness (QED) is 0.523. The van der Waals surface area contributed by atoms with Gasteiger partial charge in [-0.15, -0.1) is 0 Å². The average molecular weight is 386 g/mol. The highest BCUT2D eigenvalue weighted by Crippen LogP contribution is 2.28. The Morgan fingerprint density at radius 3 is 2.70 bits per heavy atom. The van der Waals surface area contributed by atoms with Crippen LogP contribution >= 0.6 is 11.6 Å². The van der Waals surface area contributed by atoms with Gasteiger partial charge in [0.05, 0.1) is 22.4 Å². The van der Waals surface area contributed by atoms with Crippen molar-refractivity contribution < 1.29 is 9.72 Å². The first kappa shape index (κ1) is 18.5. The zero-order chi connectivity index (χ0) is 19.6. The lowest BCUT2D eigenvalue weighted by Crippen LogP contribution is -2.15. The van der Waals surface area contributed by atoms with Crippen LogP contribution < -0.4 is 5.32 Å². The van der Waals surface area contributed by atoms with Crippen LogP contribution in [0.1, 0.15) is 35.8 Å². The normalized spacial score (nSPS) is 10.8. The molecule has 3 aromatic rings. The minimum atomic E-state index is -0.601. The van der Waals surface area contributed by atoms with Crippen molar-refractivity contribution in [2.75, 3.05) is 5.32 Å². The van der Waals surface area contributed by atoms with Gasteiger partial charge in [-0.1, -0.05) is 31.5 Å². The van der Waals surface area contributed by atoms with Crippen molar-refractivity contribution in [2.24, 2.45) is 0 Å². The van der Waals surface area contributed by atoms with Crippen molar-refractivity contribution in [2.45, 2.75) is 19.8 Å². The molecule has 138 valence electrons. The van der Waals surface area contributed by atoms with Gasteiger partial charge in [0, 0.05) is 18.0 Å². The first-order valence-electron chi connectivity index (χ1n) is 8.13. The van der Waals surface area contributed by atoms with E-state index >= 15 is 0 Å². The van der Waals surface area contributed by atoms with Gasteiger partial charge in [-0.3, -0.25) is 14.9 Å². The van der Waals surface area contributed by atoms with E-state index in [9.17, 15) is 14.9 Å². The molecule has 0 aliphatic rings. The number of nitro groups is 1. The summed E-state index contributed by atoms with van der Waals surface area (Å²) in [7, 11) is 0. The number of hydrogen-bond donors (Lipinski definition) is 1. The van der Waals surface area contributed by atoms with Gasteiger partial charge in [-0.25, -0.2) is 9.67 Å².